The molecule has 0 fully saturated rings. The van der Waals surface area contributed by atoms with Gasteiger partial charge in [0.1, 0.15) is 0 Å². The van der Waals surface area contributed by atoms with E-state index in [0.29, 0.717) is 0 Å². The van der Waals surface area contributed by atoms with Gasteiger partial charge in [-0.25, -0.2) is 0 Å². The molecule has 0 heteroatoms. The fraction of sp³-hybridized carbons (Fsp3) is 0. The van der Waals surface area contributed by atoms with Crippen molar-refractivity contribution >= 4 is 53.9 Å². The van der Waals surface area contributed by atoms with Gasteiger partial charge in [-0.15, -0.1) is 0 Å². The number of benzene rings is 8. The van der Waals surface area contributed by atoms with E-state index in [-0.39, 0.29) is 0 Å². The molecular formula is C36H22. The first-order valence-electron chi connectivity index (χ1n) is 12.5. The van der Waals surface area contributed by atoms with Crippen molar-refractivity contribution in [2.75, 3.05) is 0 Å². The van der Waals surface area contributed by atoms with Crippen LogP contribution in [-0.4, -0.2) is 0 Å². The van der Waals surface area contributed by atoms with Gasteiger partial charge in [-0.3, -0.25) is 0 Å². The zero-order valence-corrected chi connectivity index (χ0v) is 19.7. The molecule has 0 bridgehead atoms. The van der Waals surface area contributed by atoms with E-state index < -0.39 is 0 Å². The molecule has 8 rings (SSSR count). The van der Waals surface area contributed by atoms with E-state index in [0.717, 1.165) is 0 Å². The van der Waals surface area contributed by atoms with Crippen LogP contribution >= 0.6 is 0 Å². The van der Waals surface area contributed by atoms with Crippen LogP contribution in [0.5, 0.6) is 0 Å². The fourth-order valence-electron chi connectivity index (χ4n) is 6.33. The molecule has 0 aliphatic carbocycles. The Morgan fingerprint density at radius 3 is 1.36 bits per heavy atom. The van der Waals surface area contributed by atoms with Crippen molar-refractivity contribution in [1.29, 1.82) is 0 Å². The Labute approximate surface area is 209 Å². The minimum atomic E-state index is 1.25. The molecule has 0 aliphatic rings. The monoisotopic (exact) mass is 454 g/mol. The maximum absolute atomic E-state index is 2.45. The minimum Gasteiger partial charge on any atom is -0.0622 e. The van der Waals surface area contributed by atoms with Gasteiger partial charge in [0.05, 0.1) is 0 Å². The van der Waals surface area contributed by atoms with Crippen LogP contribution in [0.25, 0.3) is 76.1 Å². The van der Waals surface area contributed by atoms with Crippen LogP contribution in [0.4, 0.5) is 0 Å². The molecular weight excluding hydrogens is 432 g/mol. The lowest BCUT2D eigenvalue weighted by molar-refractivity contribution is 1.63. The molecule has 0 aliphatic heterocycles. The summed E-state index contributed by atoms with van der Waals surface area (Å²) in [4.78, 5) is 0. The maximum Gasteiger partial charge on any atom is -0.000719 e. The Morgan fingerprint density at radius 1 is 0.278 bits per heavy atom. The van der Waals surface area contributed by atoms with E-state index in [4.69, 9.17) is 0 Å². The van der Waals surface area contributed by atoms with Gasteiger partial charge < -0.3 is 0 Å². The van der Waals surface area contributed by atoms with Crippen LogP contribution < -0.4 is 0 Å². The van der Waals surface area contributed by atoms with Crippen molar-refractivity contribution in [3.8, 4) is 22.3 Å². The number of hydrogen-bond donors (Lipinski definition) is 0. The van der Waals surface area contributed by atoms with E-state index in [2.05, 4.69) is 133 Å². The van der Waals surface area contributed by atoms with Crippen LogP contribution in [0.2, 0.25) is 0 Å². The van der Waals surface area contributed by atoms with Gasteiger partial charge in [-0.2, -0.15) is 0 Å². The van der Waals surface area contributed by atoms with E-state index >= 15 is 0 Å². The van der Waals surface area contributed by atoms with Gasteiger partial charge in [-0.1, -0.05) is 127 Å². The summed E-state index contributed by atoms with van der Waals surface area (Å²) in [5.74, 6) is 0. The highest BCUT2D eigenvalue weighted by molar-refractivity contribution is 6.42. The second-order valence-electron chi connectivity index (χ2n) is 9.65. The average Bonchev–Trinajstić information content (AvgIpc) is 2.97. The van der Waals surface area contributed by atoms with Gasteiger partial charge in [0.2, 0.25) is 0 Å². The largest absolute Gasteiger partial charge is 0.0622 e. The molecule has 0 N–H and O–H groups in total. The quantitative estimate of drug-likeness (QED) is 0.180. The molecule has 0 unspecified atom stereocenters. The van der Waals surface area contributed by atoms with E-state index in [1.165, 1.54) is 76.1 Å². The molecule has 166 valence electrons. The molecule has 0 nitrogen and oxygen atoms in total. The topological polar surface area (TPSA) is 0 Å². The van der Waals surface area contributed by atoms with Crippen molar-refractivity contribution in [1.82, 2.24) is 0 Å². The predicted octanol–water partition coefficient (Wildman–Crippen LogP) is 10.2. The second-order valence-corrected chi connectivity index (χ2v) is 9.65. The molecule has 0 atom stereocenters. The summed E-state index contributed by atoms with van der Waals surface area (Å²) >= 11 is 0. The van der Waals surface area contributed by atoms with E-state index in [1.807, 2.05) is 0 Å². The van der Waals surface area contributed by atoms with Crippen LogP contribution in [0.15, 0.2) is 133 Å². The molecule has 0 spiro atoms. The maximum atomic E-state index is 2.45. The number of rotatable bonds is 2. The van der Waals surface area contributed by atoms with Crippen molar-refractivity contribution in [3.63, 3.8) is 0 Å². The van der Waals surface area contributed by atoms with Crippen molar-refractivity contribution in [2.45, 2.75) is 0 Å². The Bertz CT molecular complexity index is 2040. The molecule has 0 aromatic heterocycles. The highest BCUT2D eigenvalue weighted by atomic mass is 14.2. The summed E-state index contributed by atoms with van der Waals surface area (Å²) in [5, 5.41) is 13.3. The summed E-state index contributed by atoms with van der Waals surface area (Å²) in [7, 11) is 0. The van der Waals surface area contributed by atoms with Crippen molar-refractivity contribution in [3.05, 3.63) is 133 Å². The third-order valence-corrected chi connectivity index (χ3v) is 7.78. The Balaban J connectivity index is 1.78. The van der Waals surface area contributed by atoms with Gasteiger partial charge in [0.15, 0.2) is 0 Å². The predicted molar refractivity (Wildman–Crippen MR) is 156 cm³/mol. The summed E-state index contributed by atoms with van der Waals surface area (Å²) < 4.78 is 0. The third-order valence-electron chi connectivity index (χ3n) is 7.78. The summed E-state index contributed by atoms with van der Waals surface area (Å²) in [5.41, 5.74) is 5.09. The molecule has 8 aromatic rings. The van der Waals surface area contributed by atoms with Crippen LogP contribution in [0.3, 0.4) is 0 Å². The van der Waals surface area contributed by atoms with E-state index in [9.17, 15) is 0 Å². The highest BCUT2D eigenvalue weighted by Crippen LogP contribution is 2.50. The molecule has 0 radical (unpaired) electrons. The van der Waals surface area contributed by atoms with Gasteiger partial charge in [0, 0.05) is 0 Å². The third kappa shape index (κ3) is 2.59. The van der Waals surface area contributed by atoms with E-state index in [1.54, 1.807) is 0 Å². The lowest BCUT2D eigenvalue weighted by Crippen LogP contribution is -1.94. The number of hydrogen-bond acceptors (Lipinski definition) is 0. The Hall–Kier alpha value is -4.68. The lowest BCUT2D eigenvalue weighted by atomic mass is 9.80. The van der Waals surface area contributed by atoms with Crippen LogP contribution in [0, 0.1) is 0 Å². The SMILES string of the molecule is c1ccc(-c2cc3c4ccccc4c4cccc5c6ccccc6c(c2-c2ccccc2)c3c45)cc1. The number of fused-ring (bicyclic) bond motifs is 6. The summed E-state index contributed by atoms with van der Waals surface area (Å²) in [6.45, 7) is 0. The van der Waals surface area contributed by atoms with Gasteiger partial charge in [-0.05, 0) is 82.2 Å². The molecule has 8 aromatic carbocycles. The fourth-order valence-corrected chi connectivity index (χ4v) is 6.33. The van der Waals surface area contributed by atoms with Gasteiger partial charge in [0.25, 0.3) is 0 Å². The van der Waals surface area contributed by atoms with Crippen LogP contribution in [-0.2, 0) is 0 Å². The highest BCUT2D eigenvalue weighted by Gasteiger charge is 2.22. The normalized spacial score (nSPS) is 11.9. The minimum absolute atomic E-state index is 1.25. The first-order valence-corrected chi connectivity index (χ1v) is 12.5. The average molecular weight is 455 g/mol. The van der Waals surface area contributed by atoms with Crippen molar-refractivity contribution in [2.24, 2.45) is 0 Å². The Morgan fingerprint density at radius 2 is 0.722 bits per heavy atom. The molecule has 36 heavy (non-hydrogen) atoms. The second kappa shape index (κ2) is 7.41. The zero-order chi connectivity index (χ0) is 23.6. The zero-order valence-electron chi connectivity index (χ0n) is 19.7. The summed E-state index contributed by atoms with van der Waals surface area (Å²) in [6, 6.07) is 48.9. The molecule has 0 saturated heterocycles. The van der Waals surface area contributed by atoms with Crippen molar-refractivity contribution < 1.29 is 0 Å². The Kier molecular flexibility index (Phi) is 4.03. The first kappa shape index (κ1) is 19.6. The van der Waals surface area contributed by atoms with Gasteiger partial charge >= 0.3 is 0 Å². The smallest absolute Gasteiger partial charge is 0.000719 e. The summed E-state index contributed by atoms with van der Waals surface area (Å²) in [6.07, 6.45) is 0. The molecule has 0 heterocycles. The first-order chi connectivity index (χ1) is 17.9. The van der Waals surface area contributed by atoms with Crippen LogP contribution in [0.1, 0.15) is 0 Å². The molecule has 0 saturated carbocycles. The molecule has 0 amide bonds. The lowest BCUT2D eigenvalue weighted by Gasteiger charge is -2.22. The standard InChI is InChI=1S/C36H22/c1-3-12-23(13-4-1)31-22-32-26-17-8-7-16-25(26)28-20-11-21-29-27-18-9-10-19-30(27)35(36(32)34(28)29)33(31)24-14-5-2-6-15-24/h1-22H.